The molecule has 4 fully saturated rings. The summed E-state index contributed by atoms with van der Waals surface area (Å²) in [6.07, 6.45) is 9.18. The fraction of sp³-hybridized carbons (Fsp3) is 0.833. The molecule has 4 heteroatoms. The van der Waals surface area contributed by atoms with Crippen molar-refractivity contribution in [2.24, 2.45) is 40.4 Å². The van der Waals surface area contributed by atoms with Gasteiger partial charge in [-0.05, 0) is 84.2 Å². The van der Waals surface area contributed by atoms with Gasteiger partial charge in [-0.15, -0.1) is 0 Å². The van der Waals surface area contributed by atoms with E-state index in [2.05, 4.69) is 20.8 Å². The quantitative estimate of drug-likeness (QED) is 0.535. The van der Waals surface area contributed by atoms with Crippen LogP contribution in [0.2, 0.25) is 0 Å². The van der Waals surface area contributed by atoms with E-state index in [1.54, 1.807) is 0 Å². The molecule has 0 bridgehead atoms. The predicted molar refractivity (Wildman–Crippen MR) is 105 cm³/mol. The monoisotopic (exact) mass is 386 g/mol. The van der Waals surface area contributed by atoms with E-state index in [0.29, 0.717) is 59.9 Å². The van der Waals surface area contributed by atoms with E-state index in [0.717, 1.165) is 6.42 Å². The number of ketones is 1. The van der Waals surface area contributed by atoms with Crippen molar-refractivity contribution < 1.29 is 19.1 Å². The van der Waals surface area contributed by atoms with E-state index in [1.807, 2.05) is 6.08 Å². The van der Waals surface area contributed by atoms with Crippen molar-refractivity contribution in [3.8, 4) is 0 Å². The fourth-order valence-corrected chi connectivity index (χ4v) is 8.15. The van der Waals surface area contributed by atoms with Gasteiger partial charge >= 0.3 is 5.97 Å². The Hall–Kier alpha value is -1.16. The van der Waals surface area contributed by atoms with Crippen molar-refractivity contribution in [1.29, 1.82) is 0 Å². The van der Waals surface area contributed by atoms with Crippen LogP contribution in [0.5, 0.6) is 0 Å². The van der Waals surface area contributed by atoms with Crippen LogP contribution in [0, 0.1) is 40.4 Å². The molecule has 3 saturated carbocycles. The van der Waals surface area contributed by atoms with Gasteiger partial charge in [-0.1, -0.05) is 20.8 Å². The minimum Gasteiger partial charge on any atom is -0.466 e. The number of rotatable bonds is 3. The maximum atomic E-state index is 12.1. The largest absolute Gasteiger partial charge is 0.466 e. The van der Waals surface area contributed by atoms with E-state index in [9.17, 15) is 9.59 Å². The summed E-state index contributed by atoms with van der Waals surface area (Å²) in [4.78, 5) is 23.4. The first-order chi connectivity index (χ1) is 13.3. The van der Waals surface area contributed by atoms with Crippen molar-refractivity contribution >= 4 is 11.8 Å². The Labute approximate surface area is 168 Å². The van der Waals surface area contributed by atoms with Crippen LogP contribution in [0.4, 0.5) is 0 Å². The maximum absolute atomic E-state index is 12.1. The summed E-state index contributed by atoms with van der Waals surface area (Å²) in [5.74, 6) is 3.13. The van der Waals surface area contributed by atoms with Gasteiger partial charge in [0.05, 0.1) is 12.7 Å². The Kier molecular flexibility index (Phi) is 4.15. The van der Waals surface area contributed by atoms with Crippen LogP contribution >= 0.6 is 0 Å². The zero-order chi connectivity index (χ0) is 19.8. The van der Waals surface area contributed by atoms with E-state index in [-0.39, 0.29) is 17.5 Å². The average molecular weight is 387 g/mol. The molecular formula is C24H34O4. The lowest BCUT2D eigenvalue weighted by atomic mass is 9.46. The second-order valence-corrected chi connectivity index (χ2v) is 10.8. The zero-order valence-corrected chi connectivity index (χ0v) is 17.7. The van der Waals surface area contributed by atoms with Crippen molar-refractivity contribution in [3.05, 3.63) is 11.6 Å². The molecule has 0 N–H and O–H groups in total. The first-order valence-corrected chi connectivity index (χ1v) is 11.3. The molecule has 1 heterocycles. The smallest absolute Gasteiger partial charge is 0.302 e. The van der Waals surface area contributed by atoms with Crippen molar-refractivity contribution in [1.82, 2.24) is 0 Å². The van der Waals surface area contributed by atoms with Crippen molar-refractivity contribution in [2.45, 2.75) is 78.4 Å². The molecule has 4 aliphatic carbocycles. The normalized spacial score (nSPS) is 49.9. The van der Waals surface area contributed by atoms with Gasteiger partial charge in [0.15, 0.2) is 5.78 Å². The Morgan fingerprint density at radius 2 is 2.04 bits per heavy atom. The van der Waals surface area contributed by atoms with Crippen LogP contribution in [0.1, 0.15) is 66.2 Å². The molecule has 0 aromatic heterocycles. The third-order valence-electron chi connectivity index (χ3n) is 9.54. The molecule has 5 rings (SSSR count). The van der Waals surface area contributed by atoms with Crippen LogP contribution < -0.4 is 0 Å². The Balaban J connectivity index is 1.42. The lowest BCUT2D eigenvalue weighted by molar-refractivity contribution is -0.143. The number of ether oxygens (including phenoxy) is 2. The van der Waals surface area contributed by atoms with Crippen LogP contribution in [0.25, 0.3) is 0 Å². The summed E-state index contributed by atoms with van der Waals surface area (Å²) in [5.41, 5.74) is 1.79. The number of hydrogen-bond donors (Lipinski definition) is 0. The standard InChI is InChI=1S/C24H34O4/c1-13(12-27-14(2)25)16-5-6-17-20-18(8-10-23(16,17)3)24(4)9-7-15(26)11-19(24)21-22(20)28-21/h11,13,16-18,20-22H,5-10,12H2,1-4H3/t13-,16-,17?,18?,20?,21-,22+,23-,24-/m1/s1. The first kappa shape index (κ1) is 18.8. The molecule has 1 aliphatic heterocycles. The van der Waals surface area contributed by atoms with Gasteiger partial charge in [-0.3, -0.25) is 9.59 Å². The molecule has 28 heavy (non-hydrogen) atoms. The maximum Gasteiger partial charge on any atom is 0.302 e. The van der Waals surface area contributed by atoms with Gasteiger partial charge in [0, 0.05) is 13.3 Å². The van der Waals surface area contributed by atoms with E-state index < -0.39 is 0 Å². The molecule has 5 aliphatic rings. The summed E-state index contributed by atoms with van der Waals surface area (Å²) < 4.78 is 11.6. The molecular weight excluding hydrogens is 352 g/mol. The fourth-order valence-electron chi connectivity index (χ4n) is 8.15. The topological polar surface area (TPSA) is 55.9 Å². The highest BCUT2D eigenvalue weighted by Crippen LogP contribution is 2.70. The average Bonchev–Trinajstić information content (AvgIpc) is 3.35. The second-order valence-electron chi connectivity index (χ2n) is 10.8. The van der Waals surface area contributed by atoms with Gasteiger partial charge in [-0.25, -0.2) is 0 Å². The van der Waals surface area contributed by atoms with Gasteiger partial charge in [0.2, 0.25) is 0 Å². The Morgan fingerprint density at radius 3 is 2.79 bits per heavy atom. The minimum atomic E-state index is -0.171. The van der Waals surface area contributed by atoms with E-state index >= 15 is 0 Å². The van der Waals surface area contributed by atoms with Crippen LogP contribution in [-0.2, 0) is 19.1 Å². The number of carbonyl (C=O) groups excluding carboxylic acids is 2. The van der Waals surface area contributed by atoms with Gasteiger partial charge in [-0.2, -0.15) is 0 Å². The number of hydrogen-bond acceptors (Lipinski definition) is 4. The third kappa shape index (κ3) is 2.52. The first-order valence-electron chi connectivity index (χ1n) is 11.3. The summed E-state index contributed by atoms with van der Waals surface area (Å²) in [7, 11) is 0. The van der Waals surface area contributed by atoms with Crippen LogP contribution in [0.3, 0.4) is 0 Å². The van der Waals surface area contributed by atoms with Gasteiger partial charge in [0.1, 0.15) is 6.10 Å². The van der Waals surface area contributed by atoms with Crippen molar-refractivity contribution in [3.63, 3.8) is 0 Å². The van der Waals surface area contributed by atoms with E-state index in [1.165, 1.54) is 38.2 Å². The molecule has 9 atom stereocenters. The lowest BCUT2D eigenvalue weighted by Crippen LogP contribution is -2.54. The highest BCUT2D eigenvalue weighted by Gasteiger charge is 2.69. The van der Waals surface area contributed by atoms with Crippen LogP contribution in [0.15, 0.2) is 11.6 Å². The summed E-state index contributed by atoms with van der Waals surface area (Å²) in [6, 6.07) is 0. The molecule has 154 valence electrons. The number of epoxide rings is 1. The predicted octanol–water partition coefficient (Wildman–Crippen LogP) is 4.32. The molecule has 0 aromatic rings. The molecule has 4 nitrogen and oxygen atoms in total. The summed E-state index contributed by atoms with van der Waals surface area (Å²) in [5, 5.41) is 0. The molecule has 1 saturated heterocycles. The van der Waals surface area contributed by atoms with Gasteiger partial charge < -0.3 is 9.47 Å². The number of carbonyl (C=O) groups is 2. The Morgan fingerprint density at radius 1 is 1.25 bits per heavy atom. The molecule has 0 radical (unpaired) electrons. The highest BCUT2D eigenvalue weighted by atomic mass is 16.6. The minimum absolute atomic E-state index is 0.152. The zero-order valence-electron chi connectivity index (χ0n) is 17.7. The van der Waals surface area contributed by atoms with Crippen molar-refractivity contribution in [2.75, 3.05) is 6.61 Å². The highest BCUT2D eigenvalue weighted by molar-refractivity contribution is 5.92. The number of esters is 1. The third-order valence-corrected chi connectivity index (χ3v) is 9.54. The van der Waals surface area contributed by atoms with Crippen LogP contribution in [-0.4, -0.2) is 30.6 Å². The number of fused-ring (bicyclic) bond motifs is 8. The second kappa shape index (κ2) is 6.17. The SMILES string of the molecule is CC(=O)OC[C@@H](C)[C@H]1CCC2C3C(CC[C@@]21C)[C@@]1(C)CCC(=O)C=C1[C@H]1O[C@@H]31. The molecule has 0 amide bonds. The van der Waals surface area contributed by atoms with E-state index in [4.69, 9.17) is 9.47 Å². The Bertz CT molecular complexity index is 741. The molecule has 3 unspecified atom stereocenters. The molecule has 0 aromatic carbocycles. The summed E-state index contributed by atoms with van der Waals surface area (Å²) in [6.45, 7) is 9.24. The lowest BCUT2D eigenvalue weighted by Gasteiger charge is -2.57. The molecule has 0 spiro atoms. The summed E-state index contributed by atoms with van der Waals surface area (Å²) >= 11 is 0. The van der Waals surface area contributed by atoms with Gasteiger partial charge in [0.25, 0.3) is 0 Å².